The lowest BCUT2D eigenvalue weighted by Crippen LogP contribution is -2.24. The summed E-state index contributed by atoms with van der Waals surface area (Å²) in [6, 6.07) is 13.3. The van der Waals surface area contributed by atoms with Crippen LogP contribution in [0.1, 0.15) is 18.2 Å². The van der Waals surface area contributed by atoms with Crippen LogP contribution in [0.5, 0.6) is 5.75 Å². The Kier molecular flexibility index (Phi) is 4.12. The third-order valence-corrected chi connectivity index (χ3v) is 4.37. The van der Waals surface area contributed by atoms with Gasteiger partial charge in [0.05, 0.1) is 7.11 Å². The molecule has 7 heteroatoms. The average molecular weight is 353 g/mol. The Morgan fingerprint density at radius 1 is 1.23 bits per heavy atom. The maximum Gasteiger partial charge on any atom is 0.258 e. The second-order valence-corrected chi connectivity index (χ2v) is 6.07. The molecule has 2 aromatic carbocycles. The number of carbonyl (C=O) groups excluding carboxylic acids is 1. The fraction of sp³-hybridized carbons (Fsp3) is 0.211. The van der Waals surface area contributed by atoms with Crippen molar-refractivity contribution in [2.24, 2.45) is 0 Å². The number of amides is 1. The molecule has 1 amide bonds. The standard InChI is InChI=1S/C19H16FN3O3/c1-25-16-7-3-6-15(10-16)23-11-13(9-17(23)24)18-21-19(26-22-18)12-4-2-5-14(20)8-12/h2-8,10,13H,9,11H2,1H3. The summed E-state index contributed by atoms with van der Waals surface area (Å²) < 4.78 is 23.8. The van der Waals surface area contributed by atoms with E-state index in [0.29, 0.717) is 30.1 Å². The first-order chi connectivity index (χ1) is 12.6. The minimum absolute atomic E-state index is 0.0136. The van der Waals surface area contributed by atoms with Crippen molar-refractivity contribution >= 4 is 11.6 Å². The highest BCUT2D eigenvalue weighted by Crippen LogP contribution is 2.32. The van der Waals surface area contributed by atoms with Crippen LogP contribution in [0.4, 0.5) is 10.1 Å². The number of hydrogen-bond donors (Lipinski definition) is 0. The summed E-state index contributed by atoms with van der Waals surface area (Å²) in [7, 11) is 1.58. The number of halogens is 1. The van der Waals surface area contributed by atoms with Gasteiger partial charge in [0.25, 0.3) is 5.89 Å². The van der Waals surface area contributed by atoms with Gasteiger partial charge in [-0.1, -0.05) is 17.3 Å². The lowest BCUT2D eigenvalue weighted by Gasteiger charge is -2.16. The van der Waals surface area contributed by atoms with E-state index in [1.165, 1.54) is 12.1 Å². The summed E-state index contributed by atoms with van der Waals surface area (Å²) in [5.41, 5.74) is 1.28. The summed E-state index contributed by atoms with van der Waals surface area (Å²) in [4.78, 5) is 18.5. The lowest BCUT2D eigenvalue weighted by molar-refractivity contribution is -0.117. The highest BCUT2D eigenvalue weighted by atomic mass is 19.1. The van der Waals surface area contributed by atoms with Crippen molar-refractivity contribution in [3.05, 3.63) is 60.2 Å². The number of hydrogen-bond acceptors (Lipinski definition) is 5. The van der Waals surface area contributed by atoms with Crippen LogP contribution >= 0.6 is 0 Å². The first-order valence-electron chi connectivity index (χ1n) is 8.18. The van der Waals surface area contributed by atoms with Gasteiger partial charge in [0.2, 0.25) is 5.91 Å². The van der Waals surface area contributed by atoms with Gasteiger partial charge in [-0.2, -0.15) is 4.98 Å². The van der Waals surface area contributed by atoms with E-state index in [4.69, 9.17) is 9.26 Å². The van der Waals surface area contributed by atoms with Crippen molar-refractivity contribution < 1.29 is 18.4 Å². The van der Waals surface area contributed by atoms with Crippen molar-refractivity contribution in [1.82, 2.24) is 10.1 Å². The molecule has 0 saturated carbocycles. The van der Waals surface area contributed by atoms with Crippen LogP contribution in [0.15, 0.2) is 53.1 Å². The molecule has 1 aromatic heterocycles. The molecule has 0 N–H and O–H groups in total. The van der Waals surface area contributed by atoms with Crippen molar-refractivity contribution in [2.75, 3.05) is 18.6 Å². The minimum Gasteiger partial charge on any atom is -0.497 e. The SMILES string of the molecule is COc1cccc(N2CC(c3noc(-c4cccc(F)c4)n3)CC2=O)c1. The number of benzene rings is 2. The van der Waals surface area contributed by atoms with Crippen molar-refractivity contribution in [2.45, 2.75) is 12.3 Å². The fourth-order valence-corrected chi connectivity index (χ4v) is 3.05. The van der Waals surface area contributed by atoms with E-state index in [1.54, 1.807) is 24.1 Å². The number of carbonyl (C=O) groups is 1. The topological polar surface area (TPSA) is 68.5 Å². The summed E-state index contributed by atoms with van der Waals surface area (Å²) in [6.07, 6.45) is 0.291. The van der Waals surface area contributed by atoms with Gasteiger partial charge in [0.15, 0.2) is 5.82 Å². The number of ether oxygens (including phenoxy) is 1. The molecule has 1 atom stereocenters. The van der Waals surface area contributed by atoms with Gasteiger partial charge < -0.3 is 14.2 Å². The van der Waals surface area contributed by atoms with Gasteiger partial charge in [-0.25, -0.2) is 4.39 Å². The van der Waals surface area contributed by atoms with Gasteiger partial charge in [0, 0.05) is 36.2 Å². The van der Waals surface area contributed by atoms with Crippen LogP contribution in [0, 0.1) is 5.82 Å². The van der Waals surface area contributed by atoms with Gasteiger partial charge >= 0.3 is 0 Å². The van der Waals surface area contributed by atoms with Crippen LogP contribution in [-0.2, 0) is 4.79 Å². The summed E-state index contributed by atoms with van der Waals surface area (Å²) in [5, 5.41) is 3.99. The molecule has 0 bridgehead atoms. The molecule has 0 radical (unpaired) electrons. The van der Waals surface area contributed by atoms with Crippen LogP contribution < -0.4 is 9.64 Å². The van der Waals surface area contributed by atoms with Crippen molar-refractivity contribution in [3.63, 3.8) is 0 Å². The molecule has 0 aliphatic carbocycles. The average Bonchev–Trinajstić information content (AvgIpc) is 3.28. The van der Waals surface area contributed by atoms with Crippen LogP contribution in [0.25, 0.3) is 11.5 Å². The van der Waals surface area contributed by atoms with E-state index in [2.05, 4.69) is 10.1 Å². The molecule has 132 valence electrons. The lowest BCUT2D eigenvalue weighted by atomic mass is 10.1. The van der Waals surface area contributed by atoms with Crippen molar-refractivity contribution in [1.29, 1.82) is 0 Å². The van der Waals surface area contributed by atoms with E-state index >= 15 is 0 Å². The quantitative estimate of drug-likeness (QED) is 0.719. The zero-order chi connectivity index (χ0) is 18.1. The minimum atomic E-state index is -0.373. The Balaban J connectivity index is 1.56. The van der Waals surface area contributed by atoms with Gasteiger partial charge in [-0.05, 0) is 30.3 Å². The van der Waals surface area contributed by atoms with E-state index in [-0.39, 0.29) is 23.5 Å². The molecular formula is C19H16FN3O3. The molecule has 26 heavy (non-hydrogen) atoms. The van der Waals surface area contributed by atoms with Crippen molar-refractivity contribution in [3.8, 4) is 17.2 Å². The largest absolute Gasteiger partial charge is 0.497 e. The fourth-order valence-electron chi connectivity index (χ4n) is 3.05. The molecule has 3 aromatic rings. The second kappa shape index (κ2) is 6.59. The van der Waals surface area contributed by atoms with Gasteiger partial charge in [-0.3, -0.25) is 4.79 Å². The molecule has 1 unspecified atom stereocenters. The summed E-state index contributed by atoms with van der Waals surface area (Å²) in [5.74, 6) is 0.809. The Morgan fingerprint density at radius 3 is 2.88 bits per heavy atom. The first kappa shape index (κ1) is 16.3. The predicted molar refractivity (Wildman–Crippen MR) is 92.4 cm³/mol. The number of methoxy groups -OCH3 is 1. The first-order valence-corrected chi connectivity index (χ1v) is 8.18. The third-order valence-electron chi connectivity index (χ3n) is 4.37. The number of aromatic nitrogens is 2. The van der Waals surface area contributed by atoms with Crippen LogP contribution in [0.2, 0.25) is 0 Å². The van der Waals surface area contributed by atoms with Crippen LogP contribution in [0.3, 0.4) is 0 Å². The highest BCUT2D eigenvalue weighted by Gasteiger charge is 2.34. The smallest absolute Gasteiger partial charge is 0.258 e. The number of nitrogens with zero attached hydrogens (tertiary/aromatic N) is 3. The summed E-state index contributed by atoms with van der Waals surface area (Å²) in [6.45, 7) is 0.453. The molecule has 4 rings (SSSR count). The van der Waals surface area contributed by atoms with E-state index in [1.807, 2.05) is 24.3 Å². The van der Waals surface area contributed by atoms with Crippen LogP contribution in [-0.4, -0.2) is 29.7 Å². The molecule has 2 heterocycles. The zero-order valence-corrected chi connectivity index (χ0v) is 14.1. The zero-order valence-electron chi connectivity index (χ0n) is 14.1. The second-order valence-electron chi connectivity index (χ2n) is 6.07. The molecule has 1 fully saturated rings. The van der Waals surface area contributed by atoms with Gasteiger partial charge in [0.1, 0.15) is 11.6 Å². The normalized spacial score (nSPS) is 16.9. The van der Waals surface area contributed by atoms with E-state index in [0.717, 1.165) is 5.69 Å². The van der Waals surface area contributed by atoms with E-state index < -0.39 is 0 Å². The Morgan fingerprint density at radius 2 is 2.08 bits per heavy atom. The molecule has 1 aliphatic rings. The highest BCUT2D eigenvalue weighted by molar-refractivity contribution is 5.96. The molecule has 1 saturated heterocycles. The Hall–Kier alpha value is -3.22. The third kappa shape index (κ3) is 3.03. The molecule has 1 aliphatic heterocycles. The Labute approximate surface area is 149 Å². The predicted octanol–water partition coefficient (Wildman–Crippen LogP) is 3.40. The Bertz CT molecular complexity index is 956. The number of rotatable bonds is 4. The number of anilines is 1. The maximum absolute atomic E-state index is 13.4. The molecular weight excluding hydrogens is 337 g/mol. The molecule has 6 nitrogen and oxygen atoms in total. The summed E-state index contributed by atoms with van der Waals surface area (Å²) >= 11 is 0. The monoisotopic (exact) mass is 353 g/mol. The van der Waals surface area contributed by atoms with E-state index in [9.17, 15) is 9.18 Å². The molecule has 0 spiro atoms. The van der Waals surface area contributed by atoms with Gasteiger partial charge in [-0.15, -0.1) is 0 Å². The maximum atomic E-state index is 13.4.